The van der Waals surface area contributed by atoms with Crippen LogP contribution in [0.1, 0.15) is 11.1 Å². The van der Waals surface area contributed by atoms with Crippen LogP contribution in [0.5, 0.6) is 28.7 Å². The second kappa shape index (κ2) is 4.77. The van der Waals surface area contributed by atoms with Crippen molar-refractivity contribution in [3.63, 3.8) is 0 Å². The molecule has 0 aliphatic heterocycles. The normalized spacial score (nSPS) is 12.5. The third-order valence-electron chi connectivity index (χ3n) is 3.87. The summed E-state index contributed by atoms with van der Waals surface area (Å²) in [5.41, 5.74) is 2.74. The quantitative estimate of drug-likeness (QED) is 0.740. The molecule has 0 atom stereocenters. The minimum absolute atomic E-state index is 0.0636. The van der Waals surface area contributed by atoms with Gasteiger partial charge in [-0.25, -0.2) is 0 Å². The minimum atomic E-state index is -0.220. The van der Waals surface area contributed by atoms with Gasteiger partial charge in [-0.05, 0) is 24.5 Å². The first-order chi connectivity index (χ1) is 10.1. The molecular weight excluding hydrogens is 272 g/mol. The molecule has 0 radical (unpaired) electrons. The van der Waals surface area contributed by atoms with E-state index in [0.29, 0.717) is 41.0 Å². The monoisotopic (exact) mass is 288 g/mol. The van der Waals surface area contributed by atoms with Crippen LogP contribution in [0.15, 0.2) is 18.2 Å². The Labute approximate surface area is 122 Å². The Morgan fingerprint density at radius 2 is 1.62 bits per heavy atom. The highest BCUT2D eigenvalue weighted by Gasteiger charge is 2.28. The lowest BCUT2D eigenvalue weighted by molar-refractivity contribution is 0.382. The number of ether oxygens (including phenoxy) is 2. The van der Waals surface area contributed by atoms with Gasteiger partial charge in [0.05, 0.1) is 14.2 Å². The van der Waals surface area contributed by atoms with Gasteiger partial charge in [0.15, 0.2) is 11.5 Å². The van der Waals surface area contributed by atoms with Crippen LogP contribution in [0.25, 0.3) is 11.1 Å². The number of aromatic hydroxyl groups is 3. The van der Waals surface area contributed by atoms with E-state index in [-0.39, 0.29) is 17.2 Å². The summed E-state index contributed by atoms with van der Waals surface area (Å²) in [6.07, 6.45) is 1.18. The van der Waals surface area contributed by atoms with Crippen molar-refractivity contribution in [2.75, 3.05) is 14.2 Å². The zero-order valence-electron chi connectivity index (χ0n) is 11.8. The molecule has 1 aliphatic carbocycles. The van der Waals surface area contributed by atoms with Gasteiger partial charge in [-0.2, -0.15) is 0 Å². The predicted octanol–water partition coefficient (Wildman–Crippen LogP) is 2.59. The lowest BCUT2D eigenvalue weighted by atomic mass is 9.83. The van der Waals surface area contributed by atoms with Gasteiger partial charge in [0, 0.05) is 28.8 Å². The Morgan fingerprint density at radius 1 is 0.857 bits per heavy atom. The van der Waals surface area contributed by atoms with E-state index in [1.807, 2.05) is 6.07 Å². The Morgan fingerprint density at radius 3 is 2.29 bits per heavy atom. The van der Waals surface area contributed by atoms with Crippen molar-refractivity contribution in [1.82, 2.24) is 0 Å². The van der Waals surface area contributed by atoms with Crippen LogP contribution in [0.2, 0.25) is 0 Å². The van der Waals surface area contributed by atoms with Gasteiger partial charge < -0.3 is 24.8 Å². The molecule has 5 nitrogen and oxygen atoms in total. The largest absolute Gasteiger partial charge is 0.507 e. The number of aryl methyl sites for hydroxylation is 1. The molecule has 21 heavy (non-hydrogen) atoms. The maximum Gasteiger partial charge on any atom is 0.161 e. The maximum atomic E-state index is 10.3. The molecule has 5 heteroatoms. The lowest BCUT2D eigenvalue weighted by Gasteiger charge is -2.24. The van der Waals surface area contributed by atoms with Gasteiger partial charge in [-0.3, -0.25) is 0 Å². The molecule has 0 amide bonds. The highest BCUT2D eigenvalue weighted by atomic mass is 16.5. The minimum Gasteiger partial charge on any atom is -0.507 e. The number of phenols is 3. The van der Waals surface area contributed by atoms with Crippen molar-refractivity contribution in [3.8, 4) is 39.9 Å². The maximum absolute atomic E-state index is 10.3. The zero-order valence-corrected chi connectivity index (χ0v) is 11.8. The fourth-order valence-electron chi connectivity index (χ4n) is 2.89. The molecule has 0 unspecified atom stereocenters. The average molecular weight is 288 g/mol. The smallest absolute Gasteiger partial charge is 0.161 e. The van der Waals surface area contributed by atoms with E-state index in [1.54, 1.807) is 7.11 Å². The number of methoxy groups -OCH3 is 2. The molecule has 2 aromatic rings. The molecule has 0 heterocycles. The topological polar surface area (TPSA) is 79.2 Å². The van der Waals surface area contributed by atoms with Crippen molar-refractivity contribution in [1.29, 1.82) is 0 Å². The third kappa shape index (κ3) is 1.93. The van der Waals surface area contributed by atoms with Crippen molar-refractivity contribution < 1.29 is 24.8 Å². The van der Waals surface area contributed by atoms with Crippen LogP contribution >= 0.6 is 0 Å². The average Bonchev–Trinajstić information content (AvgIpc) is 2.49. The Balaban J connectivity index is 2.34. The SMILES string of the molecule is COc1cc(O)c2c(c1)CCc1c(O)c(O)cc(OC)c1-2. The highest BCUT2D eigenvalue weighted by Crippen LogP contribution is 2.51. The molecule has 0 saturated heterocycles. The highest BCUT2D eigenvalue weighted by molar-refractivity contribution is 5.86. The summed E-state index contributed by atoms with van der Waals surface area (Å²) in [5, 5.41) is 30.2. The molecule has 3 N–H and O–H groups in total. The molecule has 3 rings (SSSR count). The van der Waals surface area contributed by atoms with Crippen molar-refractivity contribution in [2.24, 2.45) is 0 Å². The standard InChI is InChI=1S/C16H16O5/c1-20-9-5-8-3-4-10-15(14(8)11(17)6-9)13(21-2)7-12(18)16(10)19/h5-7,17-19H,3-4H2,1-2H3. The van der Waals surface area contributed by atoms with E-state index in [2.05, 4.69) is 0 Å². The van der Waals surface area contributed by atoms with Crippen LogP contribution in [0, 0.1) is 0 Å². The van der Waals surface area contributed by atoms with Gasteiger partial charge >= 0.3 is 0 Å². The number of rotatable bonds is 2. The summed E-state index contributed by atoms with van der Waals surface area (Å²) in [7, 11) is 3.03. The Kier molecular flexibility index (Phi) is 3.05. The van der Waals surface area contributed by atoms with Crippen LogP contribution in [0.3, 0.4) is 0 Å². The van der Waals surface area contributed by atoms with E-state index in [0.717, 1.165) is 5.56 Å². The Hall–Kier alpha value is -2.56. The molecule has 0 saturated carbocycles. The van der Waals surface area contributed by atoms with Crippen LogP contribution in [0.4, 0.5) is 0 Å². The van der Waals surface area contributed by atoms with Crippen molar-refractivity contribution >= 4 is 0 Å². The van der Waals surface area contributed by atoms with E-state index >= 15 is 0 Å². The van der Waals surface area contributed by atoms with Gasteiger partial charge in [0.25, 0.3) is 0 Å². The van der Waals surface area contributed by atoms with Crippen LogP contribution in [-0.4, -0.2) is 29.5 Å². The molecular formula is C16H16O5. The van der Waals surface area contributed by atoms with Gasteiger partial charge in [-0.15, -0.1) is 0 Å². The zero-order chi connectivity index (χ0) is 15.1. The third-order valence-corrected chi connectivity index (χ3v) is 3.87. The van der Waals surface area contributed by atoms with Crippen LogP contribution < -0.4 is 9.47 Å². The summed E-state index contributed by atoms with van der Waals surface area (Å²) >= 11 is 0. The summed E-state index contributed by atoms with van der Waals surface area (Å²) in [5.74, 6) is 0.681. The Bertz CT molecular complexity index is 721. The van der Waals surface area contributed by atoms with E-state index < -0.39 is 0 Å². The van der Waals surface area contributed by atoms with E-state index in [1.165, 1.54) is 19.2 Å². The van der Waals surface area contributed by atoms with Gasteiger partial charge in [0.1, 0.15) is 17.2 Å². The first kappa shape index (κ1) is 13.4. The molecule has 2 aromatic carbocycles. The molecule has 110 valence electrons. The van der Waals surface area contributed by atoms with E-state index in [9.17, 15) is 15.3 Å². The lowest BCUT2D eigenvalue weighted by Crippen LogP contribution is -2.07. The van der Waals surface area contributed by atoms with Gasteiger partial charge in [-0.1, -0.05) is 0 Å². The first-order valence-electron chi connectivity index (χ1n) is 6.58. The number of phenolic OH excluding ortho intramolecular Hbond substituents is 3. The summed E-state index contributed by atoms with van der Waals surface area (Å²) in [4.78, 5) is 0. The number of hydrogen-bond acceptors (Lipinski definition) is 5. The first-order valence-corrected chi connectivity index (χ1v) is 6.58. The number of fused-ring (bicyclic) bond motifs is 3. The molecule has 0 aromatic heterocycles. The van der Waals surface area contributed by atoms with E-state index in [4.69, 9.17) is 9.47 Å². The number of hydrogen-bond donors (Lipinski definition) is 3. The van der Waals surface area contributed by atoms with Crippen molar-refractivity contribution in [2.45, 2.75) is 12.8 Å². The summed E-state index contributed by atoms with van der Waals surface area (Å²) in [6, 6.07) is 4.74. The van der Waals surface area contributed by atoms with Gasteiger partial charge in [0.2, 0.25) is 0 Å². The molecule has 0 bridgehead atoms. The molecule has 1 aliphatic rings. The fraction of sp³-hybridized carbons (Fsp3) is 0.250. The van der Waals surface area contributed by atoms with Crippen molar-refractivity contribution in [3.05, 3.63) is 29.3 Å². The predicted molar refractivity (Wildman–Crippen MR) is 77.4 cm³/mol. The summed E-state index contributed by atoms with van der Waals surface area (Å²) in [6.45, 7) is 0. The second-order valence-electron chi connectivity index (χ2n) is 4.98. The second-order valence-corrected chi connectivity index (χ2v) is 4.98. The summed E-state index contributed by atoms with van der Waals surface area (Å²) < 4.78 is 10.5. The molecule has 0 spiro atoms. The number of benzene rings is 2. The molecule has 0 fully saturated rings. The van der Waals surface area contributed by atoms with Crippen LogP contribution in [-0.2, 0) is 12.8 Å². The fourth-order valence-corrected chi connectivity index (χ4v) is 2.89.